The van der Waals surface area contributed by atoms with Crippen molar-refractivity contribution in [3.05, 3.63) is 63.9 Å². The highest BCUT2D eigenvalue weighted by Crippen LogP contribution is 2.26. The zero-order valence-corrected chi connectivity index (χ0v) is 11.9. The number of nitriles is 1. The summed E-state index contributed by atoms with van der Waals surface area (Å²) in [7, 11) is 0. The summed E-state index contributed by atoms with van der Waals surface area (Å²) in [6.45, 7) is 2.01. The van der Waals surface area contributed by atoms with Crippen LogP contribution >= 0.6 is 15.9 Å². The highest BCUT2D eigenvalue weighted by molar-refractivity contribution is 9.10. The maximum Gasteiger partial charge on any atom is 0.141 e. The standard InChI is InChI=1S/C15H12BrFN2/c1-10(13-4-2-3-5-14(13)16)19-12-6-7-15(17)11(8-12)9-18/h2-8,10,19H,1H3. The Morgan fingerprint density at radius 1 is 1.26 bits per heavy atom. The van der Waals surface area contributed by atoms with Crippen molar-refractivity contribution in [3.63, 3.8) is 0 Å². The fourth-order valence-electron chi connectivity index (χ4n) is 1.85. The van der Waals surface area contributed by atoms with Gasteiger partial charge in [0.2, 0.25) is 0 Å². The first-order valence-corrected chi connectivity index (χ1v) is 6.61. The minimum Gasteiger partial charge on any atom is -0.378 e. The lowest BCUT2D eigenvalue weighted by atomic mass is 10.1. The molecule has 0 saturated carbocycles. The minimum absolute atomic E-state index is 0.0457. The fraction of sp³-hybridized carbons (Fsp3) is 0.133. The first-order valence-electron chi connectivity index (χ1n) is 5.82. The highest BCUT2D eigenvalue weighted by atomic mass is 79.9. The number of benzene rings is 2. The molecule has 0 aromatic heterocycles. The molecule has 19 heavy (non-hydrogen) atoms. The molecule has 0 amide bonds. The summed E-state index contributed by atoms with van der Waals surface area (Å²) in [4.78, 5) is 0. The van der Waals surface area contributed by atoms with Gasteiger partial charge in [0.15, 0.2) is 0 Å². The van der Waals surface area contributed by atoms with Crippen molar-refractivity contribution in [2.45, 2.75) is 13.0 Å². The monoisotopic (exact) mass is 318 g/mol. The second-order valence-corrected chi connectivity index (χ2v) is 5.05. The molecule has 0 bridgehead atoms. The molecule has 0 aliphatic carbocycles. The smallest absolute Gasteiger partial charge is 0.141 e. The normalized spacial score (nSPS) is 11.7. The Bertz CT molecular complexity index is 634. The predicted molar refractivity (Wildman–Crippen MR) is 77.3 cm³/mol. The molecule has 1 atom stereocenters. The molecule has 1 unspecified atom stereocenters. The third kappa shape index (κ3) is 3.12. The lowest BCUT2D eigenvalue weighted by Gasteiger charge is -2.17. The molecule has 0 radical (unpaired) electrons. The van der Waals surface area contributed by atoms with E-state index in [2.05, 4.69) is 21.2 Å². The third-order valence-electron chi connectivity index (χ3n) is 2.84. The Labute approximate surface area is 120 Å². The lowest BCUT2D eigenvalue weighted by molar-refractivity contribution is 0.624. The first-order chi connectivity index (χ1) is 9.11. The van der Waals surface area contributed by atoms with Gasteiger partial charge in [0.1, 0.15) is 11.9 Å². The quantitative estimate of drug-likeness (QED) is 0.895. The Kier molecular flexibility index (Phi) is 4.18. The van der Waals surface area contributed by atoms with Gasteiger partial charge in [-0.25, -0.2) is 4.39 Å². The molecule has 0 spiro atoms. The zero-order valence-electron chi connectivity index (χ0n) is 10.3. The van der Waals surface area contributed by atoms with Gasteiger partial charge in [-0.2, -0.15) is 5.26 Å². The molecule has 0 heterocycles. The maximum atomic E-state index is 13.2. The number of hydrogen-bond acceptors (Lipinski definition) is 2. The fourth-order valence-corrected chi connectivity index (χ4v) is 2.48. The van der Waals surface area contributed by atoms with Crippen LogP contribution in [0.2, 0.25) is 0 Å². The summed E-state index contributed by atoms with van der Waals surface area (Å²) in [6, 6.07) is 14.2. The van der Waals surface area contributed by atoms with Gasteiger partial charge in [-0.1, -0.05) is 34.1 Å². The Morgan fingerprint density at radius 2 is 2.00 bits per heavy atom. The van der Waals surface area contributed by atoms with Gasteiger partial charge in [0.05, 0.1) is 5.56 Å². The largest absolute Gasteiger partial charge is 0.378 e. The van der Waals surface area contributed by atoms with E-state index >= 15 is 0 Å². The van der Waals surface area contributed by atoms with Crippen LogP contribution in [-0.2, 0) is 0 Å². The summed E-state index contributed by atoms with van der Waals surface area (Å²) >= 11 is 3.50. The second kappa shape index (κ2) is 5.85. The van der Waals surface area contributed by atoms with E-state index in [1.54, 1.807) is 6.07 Å². The van der Waals surface area contributed by atoms with Gasteiger partial charge < -0.3 is 5.32 Å². The lowest BCUT2D eigenvalue weighted by Crippen LogP contribution is -2.07. The SMILES string of the molecule is CC(Nc1ccc(F)c(C#N)c1)c1ccccc1Br. The van der Waals surface area contributed by atoms with E-state index in [1.165, 1.54) is 12.1 Å². The summed E-state index contributed by atoms with van der Waals surface area (Å²) in [5.41, 5.74) is 1.87. The minimum atomic E-state index is -0.499. The van der Waals surface area contributed by atoms with Gasteiger partial charge in [0, 0.05) is 16.2 Å². The van der Waals surface area contributed by atoms with Gasteiger partial charge in [-0.15, -0.1) is 0 Å². The van der Waals surface area contributed by atoms with Crippen LogP contribution in [0.5, 0.6) is 0 Å². The summed E-state index contributed by atoms with van der Waals surface area (Å²) in [5.74, 6) is -0.499. The average molecular weight is 319 g/mol. The molecule has 4 heteroatoms. The molecular formula is C15H12BrFN2. The number of nitrogens with one attached hydrogen (secondary N) is 1. The Morgan fingerprint density at radius 3 is 2.68 bits per heavy atom. The van der Waals surface area contributed by atoms with Gasteiger partial charge >= 0.3 is 0 Å². The Balaban J connectivity index is 2.22. The van der Waals surface area contributed by atoms with E-state index in [4.69, 9.17) is 5.26 Å². The van der Waals surface area contributed by atoms with Crippen LogP contribution < -0.4 is 5.32 Å². The van der Waals surface area contributed by atoms with Crippen LogP contribution in [0, 0.1) is 17.1 Å². The van der Waals surface area contributed by atoms with Crippen LogP contribution in [0.25, 0.3) is 0 Å². The molecule has 0 aliphatic rings. The number of anilines is 1. The molecule has 1 N–H and O–H groups in total. The van der Waals surface area contributed by atoms with Crippen LogP contribution in [0.1, 0.15) is 24.1 Å². The van der Waals surface area contributed by atoms with Crippen molar-refractivity contribution in [2.24, 2.45) is 0 Å². The van der Waals surface area contributed by atoms with E-state index in [0.29, 0.717) is 0 Å². The number of nitrogens with zero attached hydrogens (tertiary/aromatic N) is 1. The van der Waals surface area contributed by atoms with Gasteiger partial charge in [0.25, 0.3) is 0 Å². The van der Waals surface area contributed by atoms with Gasteiger partial charge in [-0.05, 0) is 36.8 Å². The number of hydrogen-bond donors (Lipinski definition) is 1. The molecule has 2 rings (SSSR count). The van der Waals surface area contributed by atoms with Gasteiger partial charge in [-0.3, -0.25) is 0 Å². The Hall–Kier alpha value is -1.86. The van der Waals surface area contributed by atoms with E-state index in [9.17, 15) is 4.39 Å². The van der Waals surface area contributed by atoms with E-state index in [-0.39, 0.29) is 11.6 Å². The van der Waals surface area contributed by atoms with Crippen molar-refractivity contribution in [3.8, 4) is 6.07 Å². The third-order valence-corrected chi connectivity index (χ3v) is 3.56. The highest BCUT2D eigenvalue weighted by Gasteiger charge is 2.10. The number of halogens is 2. The molecular weight excluding hydrogens is 307 g/mol. The van der Waals surface area contributed by atoms with Crippen LogP contribution in [0.4, 0.5) is 10.1 Å². The van der Waals surface area contributed by atoms with Crippen molar-refractivity contribution in [2.75, 3.05) is 5.32 Å². The number of rotatable bonds is 3. The summed E-state index contributed by atoms with van der Waals surface area (Å²) in [6.07, 6.45) is 0. The maximum absolute atomic E-state index is 13.2. The van der Waals surface area contributed by atoms with Crippen molar-refractivity contribution < 1.29 is 4.39 Å². The summed E-state index contributed by atoms with van der Waals surface area (Å²) in [5, 5.41) is 12.1. The van der Waals surface area contributed by atoms with E-state index in [1.807, 2.05) is 37.3 Å². The molecule has 2 aromatic carbocycles. The van der Waals surface area contributed by atoms with E-state index < -0.39 is 5.82 Å². The zero-order chi connectivity index (χ0) is 13.8. The topological polar surface area (TPSA) is 35.8 Å². The second-order valence-electron chi connectivity index (χ2n) is 4.19. The molecule has 0 fully saturated rings. The molecule has 96 valence electrons. The van der Waals surface area contributed by atoms with Crippen LogP contribution in [0.15, 0.2) is 46.9 Å². The van der Waals surface area contributed by atoms with E-state index in [0.717, 1.165) is 15.7 Å². The molecule has 0 aliphatic heterocycles. The molecule has 2 nitrogen and oxygen atoms in total. The van der Waals surface area contributed by atoms with Crippen molar-refractivity contribution in [1.82, 2.24) is 0 Å². The predicted octanol–water partition coefficient (Wildman–Crippen LogP) is 4.63. The molecule has 2 aromatic rings. The van der Waals surface area contributed by atoms with Crippen LogP contribution in [-0.4, -0.2) is 0 Å². The summed E-state index contributed by atoms with van der Waals surface area (Å²) < 4.78 is 14.2. The van der Waals surface area contributed by atoms with Crippen LogP contribution in [0.3, 0.4) is 0 Å². The average Bonchev–Trinajstić information content (AvgIpc) is 2.41. The first kappa shape index (κ1) is 13.6. The molecule has 0 saturated heterocycles. The van der Waals surface area contributed by atoms with Crippen molar-refractivity contribution in [1.29, 1.82) is 5.26 Å². The van der Waals surface area contributed by atoms with Crippen molar-refractivity contribution >= 4 is 21.6 Å².